The molecule has 1 amide bonds. The lowest BCUT2D eigenvalue weighted by Crippen LogP contribution is -2.38. The molecule has 0 aliphatic carbocycles. The van der Waals surface area contributed by atoms with Crippen molar-refractivity contribution >= 4 is 5.91 Å². The second-order valence-electron chi connectivity index (χ2n) is 4.18. The molecular weight excluding hydrogens is 236 g/mol. The third-order valence-corrected chi connectivity index (χ3v) is 2.48. The highest BCUT2D eigenvalue weighted by molar-refractivity contribution is 5.93. The van der Waals surface area contributed by atoms with Crippen molar-refractivity contribution in [3.05, 3.63) is 33.7 Å². The number of rotatable bonds is 5. The van der Waals surface area contributed by atoms with Crippen LogP contribution in [0, 0.1) is 6.92 Å². The monoisotopic (exact) mass is 254 g/mol. The van der Waals surface area contributed by atoms with Gasteiger partial charge in [-0.25, -0.2) is 0 Å². The minimum absolute atomic E-state index is 0.0627. The second kappa shape index (κ2) is 6.32. The van der Waals surface area contributed by atoms with Gasteiger partial charge >= 0.3 is 0 Å². The number of amides is 1. The molecule has 0 spiro atoms. The van der Waals surface area contributed by atoms with Crippen molar-refractivity contribution < 1.29 is 14.6 Å². The van der Waals surface area contributed by atoms with Crippen molar-refractivity contribution in [1.29, 1.82) is 0 Å². The number of H-pyrrole nitrogens is 1. The maximum Gasteiger partial charge on any atom is 0.260 e. The van der Waals surface area contributed by atoms with Crippen LogP contribution in [0.1, 0.15) is 16.1 Å². The molecule has 6 nitrogen and oxygen atoms in total. The number of carbonyl (C=O) groups is 1. The van der Waals surface area contributed by atoms with Crippen molar-refractivity contribution in [2.45, 2.75) is 13.0 Å². The van der Waals surface area contributed by atoms with E-state index >= 15 is 0 Å². The van der Waals surface area contributed by atoms with E-state index in [-0.39, 0.29) is 18.7 Å². The molecule has 1 aromatic heterocycles. The Balaban J connectivity index is 2.77. The molecule has 0 radical (unpaired) electrons. The molecule has 0 saturated heterocycles. The van der Waals surface area contributed by atoms with E-state index < -0.39 is 17.6 Å². The Morgan fingerprint density at radius 3 is 2.78 bits per heavy atom. The Kier molecular flexibility index (Phi) is 5.06. The third kappa shape index (κ3) is 3.68. The van der Waals surface area contributed by atoms with Crippen molar-refractivity contribution in [2.24, 2.45) is 0 Å². The van der Waals surface area contributed by atoms with Crippen LogP contribution < -0.4 is 5.56 Å². The lowest BCUT2D eigenvalue weighted by molar-refractivity contribution is 0.0379. The van der Waals surface area contributed by atoms with E-state index in [9.17, 15) is 14.7 Å². The summed E-state index contributed by atoms with van der Waals surface area (Å²) < 4.78 is 4.77. The molecule has 6 heteroatoms. The quantitative estimate of drug-likeness (QED) is 0.760. The van der Waals surface area contributed by atoms with Gasteiger partial charge in [-0.3, -0.25) is 9.59 Å². The van der Waals surface area contributed by atoms with Crippen LogP contribution in [0.15, 0.2) is 16.9 Å². The van der Waals surface area contributed by atoms with Crippen molar-refractivity contribution in [2.75, 3.05) is 27.3 Å². The van der Waals surface area contributed by atoms with Crippen LogP contribution in [0.25, 0.3) is 0 Å². The number of likely N-dealkylation sites (N-methyl/N-ethyl adjacent to an activating group) is 1. The predicted molar refractivity (Wildman–Crippen MR) is 66.6 cm³/mol. The largest absolute Gasteiger partial charge is 0.389 e. The second-order valence-corrected chi connectivity index (χ2v) is 4.18. The van der Waals surface area contributed by atoms with Gasteiger partial charge in [0.2, 0.25) is 0 Å². The van der Waals surface area contributed by atoms with Gasteiger partial charge in [-0.2, -0.15) is 0 Å². The van der Waals surface area contributed by atoms with E-state index in [1.54, 1.807) is 13.0 Å². The number of methoxy groups -OCH3 is 1. The summed E-state index contributed by atoms with van der Waals surface area (Å²) in [5, 5.41) is 9.52. The molecule has 0 fully saturated rings. The highest BCUT2D eigenvalue weighted by atomic mass is 16.5. The molecular formula is C12H18N2O4. The fraction of sp³-hybridized carbons (Fsp3) is 0.500. The van der Waals surface area contributed by atoms with Gasteiger partial charge in [0.05, 0.1) is 12.7 Å². The lowest BCUT2D eigenvalue weighted by atomic mass is 10.2. The zero-order valence-electron chi connectivity index (χ0n) is 10.8. The molecule has 1 unspecified atom stereocenters. The fourth-order valence-electron chi connectivity index (χ4n) is 1.59. The van der Waals surface area contributed by atoms with E-state index in [0.717, 1.165) is 0 Å². The van der Waals surface area contributed by atoms with E-state index in [1.807, 2.05) is 0 Å². The van der Waals surface area contributed by atoms with E-state index in [2.05, 4.69) is 4.98 Å². The Morgan fingerprint density at radius 2 is 2.22 bits per heavy atom. The van der Waals surface area contributed by atoms with Crippen LogP contribution >= 0.6 is 0 Å². The van der Waals surface area contributed by atoms with Crippen LogP contribution in [0.5, 0.6) is 0 Å². The molecule has 1 rings (SSSR count). The average molecular weight is 254 g/mol. The van der Waals surface area contributed by atoms with Crippen LogP contribution in [0.3, 0.4) is 0 Å². The van der Waals surface area contributed by atoms with Gasteiger partial charge in [0.15, 0.2) is 0 Å². The molecule has 0 aliphatic heterocycles. The number of nitrogens with one attached hydrogen (secondary N) is 1. The van der Waals surface area contributed by atoms with Crippen molar-refractivity contribution in [1.82, 2.24) is 9.88 Å². The molecule has 0 bridgehead atoms. The minimum atomic E-state index is -0.770. The molecule has 1 atom stereocenters. The summed E-state index contributed by atoms with van der Waals surface area (Å²) in [5.41, 5.74) is 0.333. The predicted octanol–water partition coefficient (Wildman–Crippen LogP) is -0.237. The first-order valence-electron chi connectivity index (χ1n) is 5.58. The molecule has 0 aliphatic rings. The molecule has 1 heterocycles. The molecule has 0 aromatic carbocycles. The number of aryl methyl sites for hydroxylation is 1. The number of pyridine rings is 1. The van der Waals surface area contributed by atoms with Gasteiger partial charge in [-0.1, -0.05) is 0 Å². The Hall–Kier alpha value is -1.66. The molecule has 100 valence electrons. The van der Waals surface area contributed by atoms with Crippen molar-refractivity contribution in [3.8, 4) is 0 Å². The van der Waals surface area contributed by atoms with Gasteiger partial charge in [0.25, 0.3) is 11.5 Å². The van der Waals surface area contributed by atoms with Crippen LogP contribution in [0.4, 0.5) is 0 Å². The molecule has 1 aromatic rings. The fourth-order valence-corrected chi connectivity index (χ4v) is 1.59. The maximum atomic E-state index is 12.0. The Morgan fingerprint density at radius 1 is 1.56 bits per heavy atom. The van der Waals surface area contributed by atoms with Gasteiger partial charge in [0.1, 0.15) is 5.56 Å². The summed E-state index contributed by atoms with van der Waals surface area (Å²) in [7, 11) is 3.00. The summed E-state index contributed by atoms with van der Waals surface area (Å²) in [6.45, 7) is 1.99. The number of carbonyl (C=O) groups excluding carboxylic acids is 1. The number of nitrogens with zero attached hydrogens (tertiary/aromatic N) is 1. The van der Waals surface area contributed by atoms with Crippen LogP contribution in [-0.2, 0) is 4.74 Å². The maximum absolute atomic E-state index is 12.0. The number of hydrogen-bond donors (Lipinski definition) is 2. The highest BCUT2D eigenvalue weighted by Gasteiger charge is 2.17. The van der Waals surface area contributed by atoms with Crippen LogP contribution in [-0.4, -0.2) is 54.3 Å². The van der Waals surface area contributed by atoms with Gasteiger partial charge in [-0.15, -0.1) is 0 Å². The van der Waals surface area contributed by atoms with Gasteiger partial charge in [-0.05, 0) is 19.1 Å². The minimum Gasteiger partial charge on any atom is -0.389 e. The topological polar surface area (TPSA) is 82.6 Å². The number of hydrogen-bond acceptors (Lipinski definition) is 4. The van der Waals surface area contributed by atoms with E-state index in [4.69, 9.17) is 4.74 Å². The zero-order chi connectivity index (χ0) is 13.7. The Labute approximate surface area is 105 Å². The summed E-state index contributed by atoms with van der Waals surface area (Å²) in [4.78, 5) is 27.4. The number of aromatic nitrogens is 1. The first-order valence-corrected chi connectivity index (χ1v) is 5.58. The summed E-state index contributed by atoms with van der Waals surface area (Å²) in [5.74, 6) is -0.425. The van der Waals surface area contributed by atoms with Gasteiger partial charge < -0.3 is 19.7 Å². The van der Waals surface area contributed by atoms with Gasteiger partial charge in [0, 0.05) is 26.4 Å². The summed E-state index contributed by atoms with van der Waals surface area (Å²) in [6, 6.07) is 3.14. The van der Waals surface area contributed by atoms with Crippen molar-refractivity contribution in [3.63, 3.8) is 0 Å². The summed E-state index contributed by atoms with van der Waals surface area (Å²) >= 11 is 0. The molecule has 0 saturated carbocycles. The lowest BCUT2D eigenvalue weighted by Gasteiger charge is -2.20. The Bertz CT molecular complexity index is 469. The first-order chi connectivity index (χ1) is 8.45. The van der Waals surface area contributed by atoms with Crippen LogP contribution in [0.2, 0.25) is 0 Å². The SMILES string of the molecule is COCC(O)CN(C)C(=O)c1ccc(C)[nH]c1=O. The van der Waals surface area contributed by atoms with E-state index in [0.29, 0.717) is 5.69 Å². The number of aromatic amines is 1. The highest BCUT2D eigenvalue weighted by Crippen LogP contribution is 2.00. The molecule has 18 heavy (non-hydrogen) atoms. The third-order valence-electron chi connectivity index (χ3n) is 2.48. The molecule has 2 N–H and O–H groups in total. The smallest absolute Gasteiger partial charge is 0.260 e. The van der Waals surface area contributed by atoms with E-state index in [1.165, 1.54) is 25.1 Å². The normalized spacial score (nSPS) is 12.2. The average Bonchev–Trinajstić information content (AvgIpc) is 2.28. The standard InChI is InChI=1S/C12H18N2O4/c1-8-4-5-10(11(16)13-8)12(17)14(2)6-9(15)7-18-3/h4-5,9,15H,6-7H2,1-3H3,(H,13,16). The zero-order valence-corrected chi connectivity index (χ0v) is 10.8. The number of ether oxygens (including phenoxy) is 1. The summed E-state index contributed by atoms with van der Waals surface area (Å²) in [6.07, 6.45) is -0.770. The number of aliphatic hydroxyl groups excluding tert-OH is 1. The number of aliphatic hydroxyl groups is 1. The first kappa shape index (κ1) is 14.4.